The molecule has 1 aromatic carbocycles. The third-order valence-corrected chi connectivity index (χ3v) is 6.07. The smallest absolute Gasteiger partial charge is 0.217 e. The number of nitrogen functional groups attached to an aromatic ring is 1. The molecule has 0 bridgehead atoms. The molecule has 2 saturated heterocycles. The first-order valence-corrected chi connectivity index (χ1v) is 11.8. The Morgan fingerprint density at radius 1 is 1.03 bits per heavy atom. The van der Waals surface area contributed by atoms with Gasteiger partial charge in [-0.1, -0.05) is 18.2 Å². The second-order valence-electron chi connectivity index (χ2n) is 8.58. The zero-order valence-corrected chi connectivity index (χ0v) is 19.2. The van der Waals surface area contributed by atoms with Gasteiger partial charge < -0.3 is 30.3 Å². The van der Waals surface area contributed by atoms with Gasteiger partial charge in [0.25, 0.3) is 0 Å². The quantitative estimate of drug-likeness (QED) is 0.622. The molecule has 0 spiro atoms. The Kier molecular flexibility index (Phi) is 8.52. The molecule has 2 aliphatic heterocycles. The van der Waals surface area contributed by atoms with Crippen LogP contribution < -0.4 is 15.4 Å². The normalized spacial score (nSPS) is 18.8. The lowest BCUT2D eigenvalue weighted by Gasteiger charge is -2.29. The number of nitrogens with two attached hydrogens (primary N) is 1. The number of anilines is 2. The number of hydrogen-bond acceptors (Lipinski definition) is 8. The van der Waals surface area contributed by atoms with Gasteiger partial charge in [0.05, 0.1) is 26.4 Å². The number of benzene rings is 1. The summed E-state index contributed by atoms with van der Waals surface area (Å²) in [6, 6.07) is 12.1. The molecule has 1 saturated carbocycles. The minimum Gasteiger partial charge on any atom is -0.476 e. The Labute approximate surface area is 196 Å². The summed E-state index contributed by atoms with van der Waals surface area (Å²) in [5.41, 5.74) is 9.39. The van der Waals surface area contributed by atoms with Crippen molar-refractivity contribution in [1.82, 2.24) is 9.88 Å². The van der Waals surface area contributed by atoms with Crippen molar-refractivity contribution >= 4 is 17.7 Å². The van der Waals surface area contributed by atoms with Crippen molar-refractivity contribution in [1.29, 1.82) is 5.41 Å². The first kappa shape index (κ1) is 23.5. The molecule has 0 amide bonds. The van der Waals surface area contributed by atoms with Crippen molar-refractivity contribution in [2.45, 2.75) is 18.8 Å². The molecule has 178 valence electrons. The molecule has 3 heterocycles. The molecule has 0 radical (unpaired) electrons. The van der Waals surface area contributed by atoms with Gasteiger partial charge in [-0.15, -0.1) is 0 Å². The summed E-state index contributed by atoms with van der Waals surface area (Å²) in [7, 11) is 0. The molecule has 3 N–H and O–H groups in total. The van der Waals surface area contributed by atoms with E-state index in [2.05, 4.69) is 26.9 Å². The lowest BCUT2D eigenvalue weighted by molar-refractivity contribution is 0.0320. The number of nitrogens with one attached hydrogen (secondary N) is 1. The van der Waals surface area contributed by atoms with Crippen molar-refractivity contribution in [3.63, 3.8) is 0 Å². The highest BCUT2D eigenvalue weighted by atomic mass is 16.5. The highest BCUT2D eigenvalue weighted by Crippen LogP contribution is 2.39. The highest BCUT2D eigenvalue weighted by Gasteiger charge is 2.23. The minimum absolute atomic E-state index is 0.491. The maximum absolute atomic E-state index is 7.08. The molecule has 3 aliphatic rings. The Bertz CT molecular complexity index is 893. The molecule has 2 aromatic rings. The molecular formula is C25H35N5O3. The molecular weight excluding hydrogens is 418 g/mol. The van der Waals surface area contributed by atoms with E-state index in [9.17, 15) is 0 Å². The minimum atomic E-state index is 0.491. The molecule has 0 atom stereocenters. The van der Waals surface area contributed by atoms with Gasteiger partial charge in [-0.25, -0.2) is 0 Å². The monoisotopic (exact) mass is 453 g/mol. The van der Waals surface area contributed by atoms with Crippen molar-refractivity contribution in [2.75, 3.05) is 76.4 Å². The number of aromatic nitrogens is 1. The van der Waals surface area contributed by atoms with Gasteiger partial charge in [-0.05, 0) is 36.0 Å². The van der Waals surface area contributed by atoms with Gasteiger partial charge in [-0.3, -0.25) is 4.90 Å². The number of morpholine rings is 2. The van der Waals surface area contributed by atoms with E-state index >= 15 is 0 Å². The largest absolute Gasteiger partial charge is 0.476 e. The standard InChI is InChI=1S/C15H24N4O3.C10H11N/c16-14-11-13(19-4-8-21-9-5-19)12-15(17-14)22-10-3-18-1-6-20-7-2-18;11-7-8-2-1-3-10(6-8)9-4-5-9/h11-12H,1-10H2,(H2,16,17);1-3,6-7,9,11H,4-5H2. The van der Waals surface area contributed by atoms with Crippen LogP contribution in [0.5, 0.6) is 5.88 Å². The Morgan fingerprint density at radius 2 is 1.76 bits per heavy atom. The first-order valence-electron chi connectivity index (χ1n) is 11.8. The molecule has 8 heteroatoms. The van der Waals surface area contributed by atoms with Gasteiger partial charge in [0.1, 0.15) is 12.4 Å². The van der Waals surface area contributed by atoms with Crippen LogP contribution in [-0.4, -0.2) is 81.9 Å². The summed E-state index contributed by atoms with van der Waals surface area (Å²) in [4.78, 5) is 8.84. The molecule has 33 heavy (non-hydrogen) atoms. The Morgan fingerprint density at radius 3 is 2.45 bits per heavy atom. The van der Waals surface area contributed by atoms with Gasteiger partial charge >= 0.3 is 0 Å². The lowest BCUT2D eigenvalue weighted by Crippen LogP contribution is -2.38. The van der Waals surface area contributed by atoms with E-state index in [1.165, 1.54) is 24.6 Å². The van der Waals surface area contributed by atoms with Crippen LogP contribution >= 0.6 is 0 Å². The van der Waals surface area contributed by atoms with Crippen molar-refractivity contribution < 1.29 is 14.2 Å². The van der Waals surface area contributed by atoms with E-state index in [1.54, 1.807) is 0 Å². The molecule has 0 unspecified atom stereocenters. The molecule has 8 nitrogen and oxygen atoms in total. The zero-order valence-electron chi connectivity index (χ0n) is 19.2. The second kappa shape index (κ2) is 12.0. The average molecular weight is 454 g/mol. The number of pyridine rings is 1. The summed E-state index contributed by atoms with van der Waals surface area (Å²) in [6.45, 7) is 8.26. The van der Waals surface area contributed by atoms with E-state index in [1.807, 2.05) is 24.3 Å². The van der Waals surface area contributed by atoms with Crippen LogP contribution in [0.2, 0.25) is 0 Å². The van der Waals surface area contributed by atoms with E-state index < -0.39 is 0 Å². The Hall–Kier alpha value is -2.68. The number of nitrogens with zero attached hydrogens (tertiary/aromatic N) is 3. The molecule has 3 fully saturated rings. The van der Waals surface area contributed by atoms with Crippen LogP contribution in [0.25, 0.3) is 0 Å². The molecule has 1 aromatic heterocycles. The number of ether oxygens (including phenoxy) is 3. The van der Waals surface area contributed by atoms with Crippen molar-refractivity contribution in [3.8, 4) is 5.88 Å². The second-order valence-corrected chi connectivity index (χ2v) is 8.58. The van der Waals surface area contributed by atoms with Crippen molar-refractivity contribution in [2.24, 2.45) is 0 Å². The summed E-state index contributed by atoms with van der Waals surface area (Å²) in [5.74, 6) is 1.88. The van der Waals surface area contributed by atoms with Crippen LogP contribution in [0.15, 0.2) is 36.4 Å². The topological polar surface area (TPSA) is 96.9 Å². The highest BCUT2D eigenvalue weighted by molar-refractivity contribution is 5.77. The van der Waals surface area contributed by atoms with E-state index in [0.29, 0.717) is 18.3 Å². The third kappa shape index (κ3) is 7.42. The lowest BCUT2D eigenvalue weighted by atomic mass is 10.1. The SMILES string of the molecule is N=Cc1cccc(C2CC2)c1.Nc1cc(N2CCOCC2)cc(OCCN2CCOCC2)n1. The zero-order chi connectivity index (χ0) is 22.9. The number of rotatable bonds is 7. The van der Waals surface area contributed by atoms with E-state index in [0.717, 1.165) is 76.3 Å². The van der Waals surface area contributed by atoms with E-state index in [4.69, 9.17) is 25.4 Å². The third-order valence-electron chi connectivity index (χ3n) is 6.07. The summed E-state index contributed by atoms with van der Waals surface area (Å²) >= 11 is 0. The predicted octanol–water partition coefficient (Wildman–Crippen LogP) is 2.77. The van der Waals surface area contributed by atoms with Crippen LogP contribution in [0.1, 0.15) is 29.9 Å². The summed E-state index contributed by atoms with van der Waals surface area (Å²) < 4.78 is 16.5. The maximum atomic E-state index is 7.08. The fourth-order valence-electron chi connectivity index (χ4n) is 4.01. The fourth-order valence-corrected chi connectivity index (χ4v) is 4.01. The van der Waals surface area contributed by atoms with Crippen LogP contribution in [-0.2, 0) is 9.47 Å². The summed E-state index contributed by atoms with van der Waals surface area (Å²) in [5, 5.41) is 7.08. The maximum Gasteiger partial charge on any atom is 0.217 e. The Balaban J connectivity index is 0.000000196. The first-order chi connectivity index (χ1) is 16.2. The van der Waals surface area contributed by atoms with Gasteiger partial charge in [0.2, 0.25) is 5.88 Å². The van der Waals surface area contributed by atoms with Crippen LogP contribution in [0.3, 0.4) is 0 Å². The molecule has 1 aliphatic carbocycles. The van der Waals surface area contributed by atoms with Crippen LogP contribution in [0.4, 0.5) is 11.5 Å². The average Bonchev–Trinajstić information content (AvgIpc) is 3.71. The number of hydrogen-bond donors (Lipinski definition) is 2. The van der Waals surface area contributed by atoms with E-state index in [-0.39, 0.29) is 0 Å². The van der Waals surface area contributed by atoms with Gasteiger partial charge in [0, 0.05) is 56.8 Å². The van der Waals surface area contributed by atoms with Gasteiger partial charge in [0.15, 0.2) is 0 Å². The van der Waals surface area contributed by atoms with Gasteiger partial charge in [-0.2, -0.15) is 4.98 Å². The predicted molar refractivity (Wildman–Crippen MR) is 131 cm³/mol. The fraction of sp³-hybridized carbons (Fsp3) is 0.520. The molecule has 5 rings (SSSR count). The van der Waals surface area contributed by atoms with Crippen LogP contribution in [0, 0.1) is 5.41 Å². The summed E-state index contributed by atoms with van der Waals surface area (Å²) in [6.07, 6.45) is 4.08. The van der Waals surface area contributed by atoms with Crippen molar-refractivity contribution in [3.05, 3.63) is 47.5 Å².